The second-order valence-electron chi connectivity index (χ2n) is 13.6. The van der Waals surface area contributed by atoms with Crippen LogP contribution in [0.2, 0.25) is 5.02 Å². The van der Waals surface area contributed by atoms with Gasteiger partial charge in [-0.15, -0.1) is 11.3 Å². The Morgan fingerprint density at radius 2 is 1.79 bits per heavy atom. The van der Waals surface area contributed by atoms with Crippen LogP contribution in [0, 0.1) is 0 Å². The van der Waals surface area contributed by atoms with Gasteiger partial charge in [-0.05, 0) is 74.0 Å². The lowest BCUT2D eigenvalue weighted by molar-refractivity contribution is -0.162. The van der Waals surface area contributed by atoms with Crippen LogP contribution < -0.4 is 4.74 Å². The number of benzene rings is 1. The standard InChI is InChI=1S/C37H41ClF6N4O4S/c1-2-6-30-35(52-26-22-31(53-23-26)37(42,43)44,12-5-15-48(30)33(49)32-28(36(39,40)41)7-3-13-45-32)34(50)47-16-11-24-9-10-25(38)21-27(24)29(47)8-4-14-46-17-19-51-20-18-46/h3,7,9-10,13,21-23,29-30H,2,4-6,8,11-12,14-20H2,1H3/t29-,30+,35-/m0/s1. The number of halogens is 7. The van der Waals surface area contributed by atoms with Gasteiger partial charge in [0.1, 0.15) is 16.3 Å². The molecule has 2 saturated heterocycles. The zero-order valence-electron chi connectivity index (χ0n) is 29.1. The van der Waals surface area contributed by atoms with E-state index >= 15 is 4.79 Å². The van der Waals surface area contributed by atoms with E-state index in [0.29, 0.717) is 55.3 Å². The zero-order valence-corrected chi connectivity index (χ0v) is 30.7. The molecule has 3 aliphatic heterocycles. The van der Waals surface area contributed by atoms with Crippen LogP contribution in [0.4, 0.5) is 26.3 Å². The molecule has 16 heteroatoms. The average Bonchev–Trinajstić information content (AvgIpc) is 3.61. The fourth-order valence-corrected chi connectivity index (χ4v) is 8.73. The van der Waals surface area contributed by atoms with E-state index in [1.165, 1.54) is 10.3 Å². The lowest BCUT2D eigenvalue weighted by atomic mass is 9.78. The summed E-state index contributed by atoms with van der Waals surface area (Å²) in [4.78, 5) is 37.7. The SMILES string of the molecule is CCC[C@H]1N(C(=O)c2ncccc2C(F)(F)F)CCC[C@@]1(Oc1csc(C(F)(F)F)c1)C(=O)N1CCc2ccc(Cl)cc2[C@@H]1CCCN1CCOCC1. The third-order valence-corrected chi connectivity index (χ3v) is 11.5. The van der Waals surface area contributed by atoms with Crippen molar-refractivity contribution in [3.05, 3.63) is 80.3 Å². The quantitative estimate of drug-likeness (QED) is 0.193. The molecule has 3 aliphatic rings. The number of morpholine rings is 1. The molecule has 6 rings (SSSR count). The van der Waals surface area contributed by atoms with Gasteiger partial charge in [0.2, 0.25) is 5.60 Å². The molecule has 5 heterocycles. The molecule has 8 nitrogen and oxygen atoms in total. The van der Waals surface area contributed by atoms with Crippen molar-refractivity contribution in [2.75, 3.05) is 45.9 Å². The van der Waals surface area contributed by atoms with Crippen LogP contribution in [0.1, 0.15) is 83.5 Å². The van der Waals surface area contributed by atoms with Gasteiger partial charge in [0.15, 0.2) is 0 Å². The molecule has 0 bridgehead atoms. The first-order chi connectivity index (χ1) is 25.2. The summed E-state index contributed by atoms with van der Waals surface area (Å²) in [5, 5.41) is 1.65. The van der Waals surface area contributed by atoms with Crippen LogP contribution >= 0.6 is 22.9 Å². The molecule has 1 aromatic carbocycles. The maximum Gasteiger partial charge on any atom is 0.425 e. The van der Waals surface area contributed by atoms with Crippen molar-refractivity contribution in [2.24, 2.45) is 0 Å². The minimum atomic E-state index is -4.89. The molecule has 2 aromatic heterocycles. The lowest BCUT2D eigenvalue weighted by Gasteiger charge is -2.51. The van der Waals surface area contributed by atoms with Gasteiger partial charge in [0, 0.05) is 55.3 Å². The van der Waals surface area contributed by atoms with E-state index < -0.39 is 58.0 Å². The first-order valence-corrected chi connectivity index (χ1v) is 19.1. The highest BCUT2D eigenvalue weighted by Crippen LogP contribution is 2.45. The Kier molecular flexibility index (Phi) is 12.0. The van der Waals surface area contributed by atoms with Crippen molar-refractivity contribution >= 4 is 34.8 Å². The summed E-state index contributed by atoms with van der Waals surface area (Å²) in [6.45, 7) is 5.61. The Bertz CT molecular complexity index is 1770. The third kappa shape index (κ3) is 8.47. The molecule has 288 valence electrons. The highest BCUT2D eigenvalue weighted by molar-refractivity contribution is 7.10. The summed E-state index contributed by atoms with van der Waals surface area (Å²) < 4.78 is 95.8. The number of amides is 2. The summed E-state index contributed by atoms with van der Waals surface area (Å²) in [5.74, 6) is -1.77. The van der Waals surface area contributed by atoms with Crippen LogP contribution in [0.15, 0.2) is 48.0 Å². The molecule has 53 heavy (non-hydrogen) atoms. The van der Waals surface area contributed by atoms with Gasteiger partial charge in [-0.2, -0.15) is 26.3 Å². The number of piperidine rings is 1. The number of alkyl halides is 6. The van der Waals surface area contributed by atoms with Crippen LogP contribution in [0.25, 0.3) is 0 Å². The Balaban J connectivity index is 1.42. The second kappa shape index (κ2) is 16.1. The molecule has 0 aliphatic carbocycles. The van der Waals surface area contributed by atoms with Crippen molar-refractivity contribution in [3.8, 4) is 5.75 Å². The van der Waals surface area contributed by atoms with Crippen molar-refractivity contribution in [1.29, 1.82) is 0 Å². The molecule has 0 radical (unpaired) electrons. The number of rotatable bonds is 10. The number of aromatic nitrogens is 1. The lowest BCUT2D eigenvalue weighted by Crippen LogP contribution is -2.68. The van der Waals surface area contributed by atoms with Gasteiger partial charge in [-0.3, -0.25) is 19.5 Å². The number of hydrogen-bond acceptors (Lipinski definition) is 7. The van der Waals surface area contributed by atoms with Gasteiger partial charge in [0.05, 0.1) is 30.9 Å². The van der Waals surface area contributed by atoms with E-state index in [2.05, 4.69) is 9.88 Å². The molecule has 2 amide bonds. The van der Waals surface area contributed by atoms with Crippen molar-refractivity contribution in [2.45, 2.75) is 81.9 Å². The van der Waals surface area contributed by atoms with Crippen LogP contribution in [-0.4, -0.2) is 89.1 Å². The summed E-state index contributed by atoms with van der Waals surface area (Å²) >= 11 is 6.91. The first kappa shape index (κ1) is 39.3. The summed E-state index contributed by atoms with van der Waals surface area (Å²) in [6, 6.07) is 6.62. The predicted octanol–water partition coefficient (Wildman–Crippen LogP) is 8.30. The molecule has 3 atom stereocenters. The van der Waals surface area contributed by atoms with Crippen LogP contribution in [0.5, 0.6) is 5.75 Å². The molecule has 0 N–H and O–H groups in total. The maximum atomic E-state index is 15.5. The Hall–Kier alpha value is -3.40. The molecule has 0 saturated carbocycles. The highest BCUT2D eigenvalue weighted by Gasteiger charge is 2.57. The first-order valence-electron chi connectivity index (χ1n) is 17.8. The molecular weight excluding hydrogens is 746 g/mol. The largest absolute Gasteiger partial charge is 0.474 e. The van der Waals surface area contributed by atoms with Crippen molar-refractivity contribution in [1.82, 2.24) is 19.7 Å². The van der Waals surface area contributed by atoms with E-state index in [-0.39, 0.29) is 38.1 Å². The Morgan fingerprint density at radius 3 is 2.49 bits per heavy atom. The average molecular weight is 787 g/mol. The van der Waals surface area contributed by atoms with E-state index in [0.717, 1.165) is 55.2 Å². The van der Waals surface area contributed by atoms with Crippen molar-refractivity contribution in [3.63, 3.8) is 0 Å². The van der Waals surface area contributed by atoms with Gasteiger partial charge in [0.25, 0.3) is 11.8 Å². The number of likely N-dealkylation sites (tertiary alicyclic amines) is 1. The number of nitrogens with zero attached hydrogens (tertiary/aromatic N) is 4. The monoisotopic (exact) mass is 786 g/mol. The van der Waals surface area contributed by atoms with E-state index in [4.69, 9.17) is 21.1 Å². The van der Waals surface area contributed by atoms with Crippen LogP contribution in [0.3, 0.4) is 0 Å². The molecule has 3 aromatic rings. The zero-order chi connectivity index (χ0) is 38.0. The van der Waals surface area contributed by atoms with Gasteiger partial charge in [-0.25, -0.2) is 0 Å². The topological polar surface area (TPSA) is 75.2 Å². The second-order valence-corrected chi connectivity index (χ2v) is 15.0. The maximum absolute atomic E-state index is 15.5. The summed E-state index contributed by atoms with van der Waals surface area (Å²) in [7, 11) is 0. The smallest absolute Gasteiger partial charge is 0.425 e. The summed E-state index contributed by atoms with van der Waals surface area (Å²) in [5.41, 5.74) is -2.11. The minimum Gasteiger partial charge on any atom is -0.474 e. The number of pyridine rings is 1. The van der Waals surface area contributed by atoms with E-state index in [1.807, 2.05) is 12.1 Å². The van der Waals surface area contributed by atoms with Gasteiger partial charge < -0.3 is 19.3 Å². The van der Waals surface area contributed by atoms with Gasteiger partial charge in [-0.1, -0.05) is 31.0 Å². The molecule has 0 spiro atoms. The number of hydrogen-bond donors (Lipinski definition) is 0. The fraction of sp³-hybridized carbons (Fsp3) is 0.541. The van der Waals surface area contributed by atoms with E-state index in [1.54, 1.807) is 17.9 Å². The third-order valence-electron chi connectivity index (χ3n) is 10.3. The van der Waals surface area contributed by atoms with Crippen molar-refractivity contribution < 1.29 is 45.4 Å². The number of ether oxygens (including phenoxy) is 2. The normalized spacial score (nSPS) is 22.8. The number of fused-ring (bicyclic) bond motifs is 1. The fourth-order valence-electron chi connectivity index (χ4n) is 7.87. The molecule has 0 unspecified atom stereocenters. The predicted molar refractivity (Wildman–Crippen MR) is 187 cm³/mol. The van der Waals surface area contributed by atoms with E-state index in [9.17, 15) is 31.1 Å². The highest BCUT2D eigenvalue weighted by atomic mass is 35.5. The Labute approximate surface area is 313 Å². The summed E-state index contributed by atoms with van der Waals surface area (Å²) in [6.07, 6.45) is -6.09. The minimum absolute atomic E-state index is 0.00534. The van der Waals surface area contributed by atoms with Crippen LogP contribution in [-0.2, 0) is 28.3 Å². The molecule has 2 fully saturated rings. The number of carbonyl (C=O) groups is 2. The number of thiophene rings is 1. The molecular formula is C37H41ClF6N4O4S. The number of carbonyl (C=O) groups excluding carboxylic acids is 2. The van der Waals surface area contributed by atoms with Gasteiger partial charge >= 0.3 is 12.4 Å². The Morgan fingerprint density at radius 1 is 1.02 bits per heavy atom.